The molecule has 1 saturated heterocycles. The van der Waals surface area contributed by atoms with Gasteiger partial charge >= 0.3 is 0 Å². The van der Waals surface area contributed by atoms with E-state index in [9.17, 15) is 9.18 Å². The zero-order valence-corrected chi connectivity index (χ0v) is 18.4. The minimum absolute atomic E-state index is 0.0380. The molecule has 1 N–H and O–H groups in total. The fraction of sp³-hybridized carbons (Fsp3) is 0.348. The number of aromatic nitrogens is 2. The molecule has 1 aliphatic rings. The highest BCUT2D eigenvalue weighted by atomic mass is 32.1. The van der Waals surface area contributed by atoms with E-state index in [0.717, 1.165) is 21.3 Å². The molecule has 162 valence electrons. The molecule has 2 atom stereocenters. The van der Waals surface area contributed by atoms with E-state index in [2.05, 4.69) is 15.5 Å². The van der Waals surface area contributed by atoms with Gasteiger partial charge in [0.25, 0.3) is 5.91 Å². The van der Waals surface area contributed by atoms with Crippen molar-refractivity contribution in [2.75, 3.05) is 18.4 Å². The van der Waals surface area contributed by atoms with Crippen LogP contribution >= 0.6 is 11.3 Å². The van der Waals surface area contributed by atoms with Gasteiger partial charge < -0.3 is 15.0 Å². The molecule has 4 rings (SSSR count). The molecule has 3 aromatic rings. The molecule has 0 saturated carbocycles. The summed E-state index contributed by atoms with van der Waals surface area (Å²) >= 11 is 1.48. The van der Waals surface area contributed by atoms with Gasteiger partial charge in [0.15, 0.2) is 0 Å². The van der Waals surface area contributed by atoms with Crippen molar-refractivity contribution in [3.05, 3.63) is 76.0 Å². The van der Waals surface area contributed by atoms with Crippen LogP contribution in [0.4, 0.5) is 9.52 Å². The van der Waals surface area contributed by atoms with Crippen LogP contribution in [-0.2, 0) is 17.7 Å². The van der Waals surface area contributed by atoms with Crippen LogP contribution < -0.4 is 5.32 Å². The van der Waals surface area contributed by atoms with Crippen LogP contribution in [0.15, 0.2) is 48.5 Å². The summed E-state index contributed by atoms with van der Waals surface area (Å²) in [6.07, 6.45) is 0.724. The second-order valence-corrected chi connectivity index (χ2v) is 8.88. The van der Waals surface area contributed by atoms with Crippen LogP contribution in [0.5, 0.6) is 0 Å². The molecule has 2 heterocycles. The number of anilines is 1. The lowest BCUT2D eigenvalue weighted by molar-refractivity contribution is -0.0586. The maximum absolute atomic E-state index is 13.0. The summed E-state index contributed by atoms with van der Waals surface area (Å²) in [5.74, 6) is -0.207. The van der Waals surface area contributed by atoms with Crippen molar-refractivity contribution < 1.29 is 13.9 Å². The molecule has 31 heavy (non-hydrogen) atoms. The Morgan fingerprint density at radius 1 is 1.06 bits per heavy atom. The summed E-state index contributed by atoms with van der Waals surface area (Å²) in [5.41, 5.74) is 2.73. The Morgan fingerprint density at radius 2 is 1.71 bits per heavy atom. The SMILES string of the molecule is CC1CN(C(=O)c2ccc(CNc3nnc(Cc4ccc(F)cc4)s3)cc2)CC(C)O1. The van der Waals surface area contributed by atoms with Crippen molar-refractivity contribution in [2.45, 2.75) is 39.0 Å². The molecule has 6 nitrogen and oxygen atoms in total. The number of ether oxygens (including phenoxy) is 1. The fourth-order valence-corrected chi connectivity index (χ4v) is 4.41. The highest BCUT2D eigenvalue weighted by Crippen LogP contribution is 2.20. The molecule has 0 bridgehead atoms. The number of carbonyl (C=O) groups excluding carboxylic acids is 1. The quantitative estimate of drug-likeness (QED) is 0.624. The van der Waals surface area contributed by atoms with Crippen LogP contribution in [0, 0.1) is 5.82 Å². The molecule has 1 amide bonds. The van der Waals surface area contributed by atoms with Gasteiger partial charge in [0, 0.05) is 31.6 Å². The summed E-state index contributed by atoms with van der Waals surface area (Å²) in [5, 5.41) is 13.2. The van der Waals surface area contributed by atoms with Gasteiger partial charge in [-0.15, -0.1) is 10.2 Å². The lowest BCUT2D eigenvalue weighted by Gasteiger charge is -2.35. The first-order chi connectivity index (χ1) is 15.0. The highest BCUT2D eigenvalue weighted by Gasteiger charge is 2.26. The van der Waals surface area contributed by atoms with Gasteiger partial charge in [0.1, 0.15) is 10.8 Å². The highest BCUT2D eigenvalue weighted by molar-refractivity contribution is 7.15. The van der Waals surface area contributed by atoms with Crippen molar-refractivity contribution in [1.82, 2.24) is 15.1 Å². The van der Waals surface area contributed by atoms with Gasteiger partial charge in [0.2, 0.25) is 5.13 Å². The van der Waals surface area contributed by atoms with E-state index in [4.69, 9.17) is 4.74 Å². The third kappa shape index (κ3) is 5.65. The number of halogens is 1. The van der Waals surface area contributed by atoms with Crippen molar-refractivity contribution in [3.63, 3.8) is 0 Å². The molecule has 2 unspecified atom stereocenters. The van der Waals surface area contributed by atoms with Crippen LogP contribution in [-0.4, -0.2) is 46.3 Å². The van der Waals surface area contributed by atoms with E-state index in [-0.39, 0.29) is 23.9 Å². The average molecular weight is 441 g/mol. The second-order valence-electron chi connectivity index (χ2n) is 7.82. The van der Waals surface area contributed by atoms with E-state index in [1.807, 2.05) is 43.0 Å². The van der Waals surface area contributed by atoms with Gasteiger partial charge in [-0.3, -0.25) is 4.79 Å². The molecule has 0 aliphatic carbocycles. The molecule has 0 spiro atoms. The minimum Gasteiger partial charge on any atom is -0.372 e. The van der Waals surface area contributed by atoms with Crippen molar-refractivity contribution in [2.24, 2.45) is 0 Å². The molecule has 8 heteroatoms. The number of rotatable bonds is 6. The number of hydrogen-bond acceptors (Lipinski definition) is 6. The van der Waals surface area contributed by atoms with Gasteiger partial charge in [-0.05, 0) is 49.2 Å². The first-order valence-electron chi connectivity index (χ1n) is 10.3. The molecule has 1 fully saturated rings. The Hall–Kier alpha value is -2.84. The largest absolute Gasteiger partial charge is 0.372 e. The van der Waals surface area contributed by atoms with Gasteiger partial charge in [0.05, 0.1) is 12.2 Å². The maximum Gasteiger partial charge on any atom is 0.254 e. The number of hydrogen-bond donors (Lipinski definition) is 1. The van der Waals surface area contributed by atoms with Crippen LogP contribution in [0.25, 0.3) is 0 Å². The molecule has 2 aromatic carbocycles. The van der Waals surface area contributed by atoms with E-state index in [1.165, 1.54) is 23.5 Å². The molecule has 1 aromatic heterocycles. The summed E-state index contributed by atoms with van der Waals surface area (Å²) in [4.78, 5) is 14.6. The Kier molecular flexibility index (Phi) is 6.58. The Bertz CT molecular complexity index is 1010. The molecular weight excluding hydrogens is 415 g/mol. The number of morpholine rings is 1. The van der Waals surface area contributed by atoms with E-state index >= 15 is 0 Å². The molecule has 0 radical (unpaired) electrons. The summed E-state index contributed by atoms with van der Waals surface area (Å²) < 4.78 is 18.7. The normalized spacial score (nSPS) is 18.7. The maximum atomic E-state index is 13.0. The number of nitrogens with zero attached hydrogens (tertiary/aromatic N) is 3. The second kappa shape index (κ2) is 9.53. The predicted molar refractivity (Wildman–Crippen MR) is 119 cm³/mol. The Morgan fingerprint density at radius 3 is 2.39 bits per heavy atom. The van der Waals surface area contributed by atoms with Gasteiger partial charge in [-0.1, -0.05) is 35.6 Å². The zero-order valence-electron chi connectivity index (χ0n) is 17.5. The Labute approximate surface area is 185 Å². The number of nitrogens with one attached hydrogen (secondary N) is 1. The topological polar surface area (TPSA) is 67.4 Å². The van der Waals surface area contributed by atoms with Gasteiger partial charge in [-0.2, -0.15) is 0 Å². The lowest BCUT2D eigenvalue weighted by atomic mass is 10.1. The first kappa shape index (κ1) is 21.4. The molecule has 1 aliphatic heterocycles. The predicted octanol–water partition coefficient (Wildman–Crippen LogP) is 4.13. The van der Waals surface area contributed by atoms with E-state index < -0.39 is 0 Å². The van der Waals surface area contributed by atoms with E-state index in [0.29, 0.717) is 31.6 Å². The fourth-order valence-electron chi connectivity index (χ4n) is 3.64. The van der Waals surface area contributed by atoms with Crippen LogP contribution in [0.1, 0.15) is 40.3 Å². The summed E-state index contributed by atoms with van der Waals surface area (Å²) in [6, 6.07) is 14.0. The monoisotopic (exact) mass is 440 g/mol. The molecular formula is C23H25FN4O2S. The third-order valence-electron chi connectivity index (χ3n) is 5.09. The number of carbonyl (C=O) groups is 1. The van der Waals surface area contributed by atoms with Crippen LogP contribution in [0.2, 0.25) is 0 Å². The average Bonchev–Trinajstić information content (AvgIpc) is 3.20. The van der Waals surface area contributed by atoms with Crippen molar-refractivity contribution in [3.8, 4) is 0 Å². The summed E-state index contributed by atoms with van der Waals surface area (Å²) in [6.45, 7) is 5.80. The van der Waals surface area contributed by atoms with E-state index in [1.54, 1.807) is 12.1 Å². The number of amides is 1. The van der Waals surface area contributed by atoms with Gasteiger partial charge in [-0.25, -0.2) is 4.39 Å². The lowest BCUT2D eigenvalue weighted by Crippen LogP contribution is -2.48. The Balaban J connectivity index is 1.31. The van der Waals surface area contributed by atoms with Crippen molar-refractivity contribution in [1.29, 1.82) is 0 Å². The standard InChI is InChI=1S/C23H25FN4O2S/c1-15-13-28(14-16(2)30-15)22(29)19-7-3-18(4-8-19)12-25-23-27-26-21(31-23)11-17-5-9-20(24)10-6-17/h3-10,15-16H,11-14H2,1-2H3,(H,25,27). The first-order valence-corrected chi connectivity index (χ1v) is 11.1. The zero-order chi connectivity index (χ0) is 21.8. The van der Waals surface area contributed by atoms with Crippen LogP contribution in [0.3, 0.4) is 0 Å². The number of benzene rings is 2. The smallest absolute Gasteiger partial charge is 0.254 e. The van der Waals surface area contributed by atoms with Crippen molar-refractivity contribution >= 4 is 22.4 Å². The summed E-state index contributed by atoms with van der Waals surface area (Å²) in [7, 11) is 0. The third-order valence-corrected chi connectivity index (χ3v) is 5.97. The minimum atomic E-state index is -0.245.